The van der Waals surface area contributed by atoms with Crippen molar-refractivity contribution < 1.29 is 78.1 Å². The third-order valence-corrected chi connectivity index (χ3v) is 9.25. The third-order valence-electron chi connectivity index (χ3n) is 9.25. The second-order valence-corrected chi connectivity index (χ2v) is 14.0. The minimum Gasteiger partial charge on any atom is -0.478 e. The first kappa shape index (κ1) is 51.9. The number of aromatic carboxylic acids is 5. The van der Waals surface area contributed by atoms with Crippen LogP contribution in [0.25, 0.3) is 0 Å². The second kappa shape index (κ2) is 25.7. The molecule has 7 aromatic rings. The van der Waals surface area contributed by atoms with Crippen molar-refractivity contribution in [2.45, 2.75) is 20.3 Å². The van der Waals surface area contributed by atoms with E-state index in [1.165, 1.54) is 60.7 Å². The van der Waals surface area contributed by atoms with Gasteiger partial charge in [0.05, 0.1) is 44.5 Å². The van der Waals surface area contributed by atoms with Gasteiger partial charge >= 0.3 is 47.8 Å². The highest BCUT2D eigenvalue weighted by Crippen LogP contribution is 2.19. The molecule has 16 heteroatoms. The van der Waals surface area contributed by atoms with Crippen molar-refractivity contribution >= 4 is 47.8 Å². The summed E-state index contributed by atoms with van der Waals surface area (Å²) in [5.74, 6) is -6.80. The van der Waals surface area contributed by atoms with E-state index < -0.39 is 47.8 Å². The maximum absolute atomic E-state index is 12.0. The monoisotopic (exact) mass is 934 g/mol. The summed E-state index contributed by atoms with van der Waals surface area (Å²) >= 11 is 0. The number of esters is 3. The van der Waals surface area contributed by atoms with E-state index in [0.29, 0.717) is 17.2 Å². The van der Waals surface area contributed by atoms with Gasteiger partial charge in [-0.3, -0.25) is 0 Å². The van der Waals surface area contributed by atoms with Crippen molar-refractivity contribution in [3.63, 3.8) is 0 Å². The quantitative estimate of drug-likeness (QED) is 0.0563. The minimum atomic E-state index is -1.23. The molecular formula is C53H42O16. The van der Waals surface area contributed by atoms with Crippen LogP contribution < -0.4 is 14.2 Å². The Labute approximate surface area is 393 Å². The van der Waals surface area contributed by atoms with Crippen LogP contribution in [0.4, 0.5) is 0 Å². The van der Waals surface area contributed by atoms with Crippen LogP contribution in [-0.4, -0.2) is 73.3 Å². The van der Waals surface area contributed by atoms with Gasteiger partial charge in [0.25, 0.3) is 0 Å². The molecule has 16 nitrogen and oxygen atoms in total. The lowest BCUT2D eigenvalue weighted by molar-refractivity contribution is 0.0651. The van der Waals surface area contributed by atoms with Gasteiger partial charge in [0.1, 0.15) is 17.2 Å². The molecule has 0 aliphatic carbocycles. The summed E-state index contributed by atoms with van der Waals surface area (Å²) in [5.41, 5.74) is 1.71. The van der Waals surface area contributed by atoms with E-state index in [-0.39, 0.29) is 44.5 Å². The zero-order valence-corrected chi connectivity index (χ0v) is 36.7. The summed E-state index contributed by atoms with van der Waals surface area (Å²) in [6.45, 7) is 3.95. The number of para-hydroxylation sites is 1. The molecule has 7 aromatic carbocycles. The number of carboxylic acid groups (broad SMARTS) is 5. The normalized spacial score (nSPS) is 9.83. The molecule has 7 rings (SSSR count). The van der Waals surface area contributed by atoms with Crippen molar-refractivity contribution in [2.75, 3.05) is 0 Å². The lowest BCUT2D eigenvalue weighted by Crippen LogP contribution is -2.13. The average Bonchev–Trinajstić information content (AvgIpc) is 3.35. The molecule has 0 fully saturated rings. The fourth-order valence-corrected chi connectivity index (χ4v) is 5.77. The van der Waals surface area contributed by atoms with Crippen molar-refractivity contribution in [2.24, 2.45) is 0 Å². The summed E-state index contributed by atoms with van der Waals surface area (Å²) in [4.78, 5) is 89.8. The Balaban J connectivity index is 0.000000203. The SMILES string of the molecule is CCc1ccc(OC(=O)c2ccccc2C(=O)O)cc1.Cc1ccc(OC(=O)c2ccccc2C(=O)O)cc1.O=C(O)c1ccccc1C(=O)O.O=C(O)c1ccccc1C(=O)Oc1ccccc1. The molecule has 350 valence electrons. The van der Waals surface area contributed by atoms with Crippen LogP contribution in [0.1, 0.15) is 101 Å². The molecule has 69 heavy (non-hydrogen) atoms. The van der Waals surface area contributed by atoms with Crippen LogP contribution in [0.5, 0.6) is 17.2 Å². The highest BCUT2D eigenvalue weighted by atomic mass is 16.5. The van der Waals surface area contributed by atoms with E-state index in [1.807, 2.05) is 38.1 Å². The largest absolute Gasteiger partial charge is 0.478 e. The fourth-order valence-electron chi connectivity index (χ4n) is 5.77. The number of rotatable bonds is 12. The molecule has 0 bridgehead atoms. The Bertz CT molecular complexity index is 2910. The van der Waals surface area contributed by atoms with E-state index in [4.69, 9.17) is 39.7 Å². The van der Waals surface area contributed by atoms with Gasteiger partial charge in [0, 0.05) is 0 Å². The Morgan fingerprint density at radius 1 is 0.319 bits per heavy atom. The Hall–Kier alpha value is -9.70. The molecule has 0 atom stereocenters. The molecule has 0 unspecified atom stereocenters. The predicted molar refractivity (Wildman–Crippen MR) is 249 cm³/mol. The Morgan fingerprint density at radius 3 is 0.826 bits per heavy atom. The number of hydrogen-bond donors (Lipinski definition) is 5. The average molecular weight is 935 g/mol. The zero-order valence-electron chi connectivity index (χ0n) is 36.7. The smallest absolute Gasteiger partial charge is 0.344 e. The summed E-state index contributed by atoms with van der Waals surface area (Å²) in [7, 11) is 0. The molecule has 0 heterocycles. The minimum absolute atomic E-state index is 0.0360. The first-order valence-corrected chi connectivity index (χ1v) is 20.4. The van der Waals surface area contributed by atoms with Crippen molar-refractivity contribution in [3.05, 3.63) is 232 Å². The van der Waals surface area contributed by atoms with E-state index >= 15 is 0 Å². The number of hydrogen-bond acceptors (Lipinski definition) is 11. The number of carboxylic acids is 5. The topological polar surface area (TPSA) is 265 Å². The number of benzene rings is 7. The van der Waals surface area contributed by atoms with Crippen LogP contribution in [0.3, 0.4) is 0 Å². The molecule has 0 radical (unpaired) electrons. The summed E-state index contributed by atoms with van der Waals surface area (Å²) < 4.78 is 15.4. The van der Waals surface area contributed by atoms with E-state index in [9.17, 15) is 38.4 Å². The van der Waals surface area contributed by atoms with Gasteiger partial charge in [-0.1, -0.05) is 103 Å². The molecule has 0 aliphatic rings. The first-order chi connectivity index (χ1) is 33.0. The number of carbonyl (C=O) groups excluding carboxylic acids is 3. The summed E-state index contributed by atoms with van der Waals surface area (Å²) in [5, 5.41) is 44.1. The van der Waals surface area contributed by atoms with Crippen molar-refractivity contribution in [3.8, 4) is 17.2 Å². The molecule has 0 aliphatic heterocycles. The van der Waals surface area contributed by atoms with Gasteiger partial charge in [-0.25, -0.2) is 38.4 Å². The molecule has 0 saturated heterocycles. The van der Waals surface area contributed by atoms with Crippen LogP contribution in [0.2, 0.25) is 0 Å². The van der Waals surface area contributed by atoms with Gasteiger partial charge in [-0.2, -0.15) is 0 Å². The van der Waals surface area contributed by atoms with Gasteiger partial charge in [0.2, 0.25) is 0 Å². The second-order valence-electron chi connectivity index (χ2n) is 14.0. The molecule has 0 amide bonds. The fraction of sp³-hybridized carbons (Fsp3) is 0.0566. The van der Waals surface area contributed by atoms with Crippen LogP contribution in [0.15, 0.2) is 176 Å². The molecule has 0 spiro atoms. The van der Waals surface area contributed by atoms with E-state index in [1.54, 1.807) is 91.0 Å². The first-order valence-electron chi connectivity index (χ1n) is 20.4. The molecular weight excluding hydrogens is 893 g/mol. The summed E-state index contributed by atoms with van der Waals surface area (Å²) in [6, 6.07) is 45.9. The number of ether oxygens (including phenoxy) is 3. The summed E-state index contributed by atoms with van der Waals surface area (Å²) in [6.07, 6.45) is 0.899. The maximum Gasteiger partial charge on any atom is 0.344 e. The number of aryl methyl sites for hydroxylation is 2. The van der Waals surface area contributed by atoms with Crippen LogP contribution in [0, 0.1) is 6.92 Å². The van der Waals surface area contributed by atoms with Gasteiger partial charge < -0.3 is 39.7 Å². The lowest BCUT2D eigenvalue weighted by atomic mass is 10.1. The standard InChI is InChI=1S/C16H14O4.C15H12O4.C14H10O4.C8H6O4/c1-2-11-7-9-12(10-8-11)20-16(19)14-6-4-3-5-13(14)15(17)18;1-10-6-8-11(9-7-10)19-15(18)13-5-3-2-4-12(13)14(16)17;15-13(16)11-8-4-5-9-12(11)14(17)18-10-6-2-1-3-7-10;9-7(10)5-3-1-2-4-6(5)8(11)12/h3-10H,2H2,1H3,(H,17,18);2-9H,1H3,(H,16,17);1-9H,(H,15,16);1-4H,(H,9,10)(H,11,12). The van der Waals surface area contributed by atoms with Gasteiger partial charge in [0.15, 0.2) is 0 Å². The lowest BCUT2D eigenvalue weighted by Gasteiger charge is -2.07. The van der Waals surface area contributed by atoms with Crippen molar-refractivity contribution in [1.29, 1.82) is 0 Å². The number of carbonyl (C=O) groups is 8. The van der Waals surface area contributed by atoms with Crippen LogP contribution >= 0.6 is 0 Å². The zero-order chi connectivity index (χ0) is 50.5. The Kier molecular flexibility index (Phi) is 19.3. The third kappa shape index (κ3) is 15.8. The maximum atomic E-state index is 12.0. The molecule has 5 N–H and O–H groups in total. The predicted octanol–water partition coefficient (Wildman–Crippen LogP) is 9.77. The van der Waals surface area contributed by atoms with E-state index in [0.717, 1.165) is 17.5 Å². The van der Waals surface area contributed by atoms with Crippen molar-refractivity contribution in [1.82, 2.24) is 0 Å². The van der Waals surface area contributed by atoms with Gasteiger partial charge in [-0.05, 0) is 104 Å². The van der Waals surface area contributed by atoms with Gasteiger partial charge in [-0.15, -0.1) is 0 Å². The Morgan fingerprint density at radius 2 is 0.551 bits per heavy atom. The molecule has 0 saturated carbocycles. The molecule has 0 aromatic heterocycles. The highest BCUT2D eigenvalue weighted by molar-refractivity contribution is 6.05. The highest BCUT2D eigenvalue weighted by Gasteiger charge is 2.20. The van der Waals surface area contributed by atoms with Crippen LogP contribution in [-0.2, 0) is 6.42 Å². The van der Waals surface area contributed by atoms with E-state index in [2.05, 4.69) is 0 Å².